The van der Waals surface area contributed by atoms with Crippen molar-refractivity contribution >= 4 is 17.5 Å². The second-order valence-corrected chi connectivity index (χ2v) is 6.16. The molecular weight excluding hydrogens is 302 g/mol. The van der Waals surface area contributed by atoms with Crippen LogP contribution in [0.1, 0.15) is 28.3 Å². The number of ether oxygens (including phenoxy) is 1. The standard InChI is InChI=1S/C16H18ClN3O2/c1-11-18-9-14(19-11)15(21)20-16(6-7-22-10-16)8-12-2-4-13(17)5-3-12/h2-5,9H,6-8,10H2,1H3,(H,18,19)(H,20,21)/t16-/m1/s1. The van der Waals surface area contributed by atoms with Gasteiger partial charge in [0.2, 0.25) is 0 Å². The first-order chi connectivity index (χ1) is 10.6. The molecule has 1 amide bonds. The molecule has 1 aromatic carbocycles. The van der Waals surface area contributed by atoms with Gasteiger partial charge in [0.25, 0.3) is 5.91 Å². The maximum absolute atomic E-state index is 12.4. The maximum Gasteiger partial charge on any atom is 0.269 e. The zero-order valence-electron chi connectivity index (χ0n) is 12.4. The van der Waals surface area contributed by atoms with Gasteiger partial charge in [-0.05, 0) is 37.5 Å². The molecule has 1 atom stereocenters. The largest absolute Gasteiger partial charge is 0.379 e. The number of benzene rings is 1. The fourth-order valence-electron chi connectivity index (χ4n) is 2.73. The Balaban J connectivity index is 1.76. The summed E-state index contributed by atoms with van der Waals surface area (Å²) in [4.78, 5) is 19.4. The molecule has 0 bridgehead atoms. The highest BCUT2D eigenvalue weighted by Crippen LogP contribution is 2.25. The summed E-state index contributed by atoms with van der Waals surface area (Å²) in [6.45, 7) is 2.98. The van der Waals surface area contributed by atoms with Gasteiger partial charge in [-0.2, -0.15) is 0 Å². The number of hydrogen-bond acceptors (Lipinski definition) is 3. The van der Waals surface area contributed by atoms with Gasteiger partial charge in [-0.25, -0.2) is 4.98 Å². The molecule has 0 radical (unpaired) electrons. The van der Waals surface area contributed by atoms with Crippen molar-refractivity contribution in [3.05, 3.63) is 52.6 Å². The smallest absolute Gasteiger partial charge is 0.269 e. The van der Waals surface area contributed by atoms with Crippen LogP contribution in [-0.2, 0) is 11.2 Å². The Labute approximate surface area is 134 Å². The minimum absolute atomic E-state index is 0.153. The van der Waals surface area contributed by atoms with Crippen LogP contribution in [0.2, 0.25) is 5.02 Å². The van der Waals surface area contributed by atoms with Crippen LogP contribution in [0, 0.1) is 6.92 Å². The number of aromatic amines is 1. The Kier molecular flexibility index (Phi) is 4.18. The van der Waals surface area contributed by atoms with Crippen molar-refractivity contribution in [2.45, 2.75) is 25.3 Å². The number of rotatable bonds is 4. The molecule has 1 aliphatic heterocycles. The number of amides is 1. The lowest BCUT2D eigenvalue weighted by Crippen LogP contribution is -2.50. The van der Waals surface area contributed by atoms with Crippen molar-refractivity contribution in [1.82, 2.24) is 15.3 Å². The van der Waals surface area contributed by atoms with Crippen LogP contribution >= 0.6 is 11.6 Å². The molecule has 0 unspecified atom stereocenters. The van der Waals surface area contributed by atoms with E-state index in [1.807, 2.05) is 31.2 Å². The molecule has 6 heteroatoms. The number of H-pyrrole nitrogens is 1. The van der Waals surface area contributed by atoms with E-state index in [0.29, 0.717) is 30.4 Å². The summed E-state index contributed by atoms with van der Waals surface area (Å²) in [7, 11) is 0. The van der Waals surface area contributed by atoms with Crippen molar-refractivity contribution in [1.29, 1.82) is 0 Å². The van der Waals surface area contributed by atoms with Crippen molar-refractivity contribution in [3.63, 3.8) is 0 Å². The summed E-state index contributed by atoms with van der Waals surface area (Å²) >= 11 is 5.92. The molecule has 2 N–H and O–H groups in total. The summed E-state index contributed by atoms with van der Waals surface area (Å²) in [6, 6.07) is 7.69. The zero-order valence-corrected chi connectivity index (χ0v) is 13.1. The zero-order chi connectivity index (χ0) is 15.6. The molecule has 1 aliphatic rings. The Bertz CT molecular complexity index is 660. The molecule has 0 saturated carbocycles. The molecule has 1 aromatic heterocycles. The van der Waals surface area contributed by atoms with Crippen molar-refractivity contribution in [2.75, 3.05) is 13.2 Å². The molecule has 22 heavy (non-hydrogen) atoms. The first-order valence-corrected chi connectivity index (χ1v) is 7.60. The SMILES string of the molecule is Cc1ncc(C(=O)N[C@@]2(Cc3ccc(Cl)cc3)CCOC2)[nH]1. The Morgan fingerprint density at radius 3 is 2.82 bits per heavy atom. The lowest BCUT2D eigenvalue weighted by Gasteiger charge is -2.28. The third kappa shape index (κ3) is 3.31. The molecule has 1 saturated heterocycles. The van der Waals surface area contributed by atoms with E-state index < -0.39 is 0 Å². The Morgan fingerprint density at radius 1 is 1.45 bits per heavy atom. The number of imidazole rings is 1. The predicted molar refractivity (Wildman–Crippen MR) is 84.1 cm³/mol. The normalized spacial score (nSPS) is 21.0. The summed E-state index contributed by atoms with van der Waals surface area (Å²) in [5, 5.41) is 3.82. The van der Waals surface area contributed by atoms with Crippen LogP contribution in [0.4, 0.5) is 0 Å². The van der Waals surface area contributed by atoms with E-state index >= 15 is 0 Å². The third-order valence-corrected chi connectivity index (χ3v) is 4.14. The van der Waals surface area contributed by atoms with Crippen LogP contribution in [0.25, 0.3) is 0 Å². The van der Waals surface area contributed by atoms with E-state index in [1.165, 1.54) is 0 Å². The van der Waals surface area contributed by atoms with E-state index in [9.17, 15) is 4.79 Å². The molecule has 3 rings (SSSR count). The average Bonchev–Trinajstić information content (AvgIpc) is 3.11. The second-order valence-electron chi connectivity index (χ2n) is 5.72. The van der Waals surface area contributed by atoms with Gasteiger partial charge in [0.15, 0.2) is 0 Å². The van der Waals surface area contributed by atoms with E-state index in [2.05, 4.69) is 15.3 Å². The molecule has 5 nitrogen and oxygen atoms in total. The van der Waals surface area contributed by atoms with Gasteiger partial charge in [0, 0.05) is 11.6 Å². The van der Waals surface area contributed by atoms with Gasteiger partial charge in [-0.3, -0.25) is 4.79 Å². The Hall–Kier alpha value is -1.85. The van der Waals surface area contributed by atoms with E-state index in [1.54, 1.807) is 6.20 Å². The minimum Gasteiger partial charge on any atom is -0.379 e. The molecule has 0 spiro atoms. The van der Waals surface area contributed by atoms with Gasteiger partial charge >= 0.3 is 0 Å². The quantitative estimate of drug-likeness (QED) is 0.910. The second kappa shape index (κ2) is 6.10. The molecular formula is C16H18ClN3O2. The highest BCUT2D eigenvalue weighted by molar-refractivity contribution is 6.30. The van der Waals surface area contributed by atoms with Crippen LogP contribution in [-0.4, -0.2) is 34.6 Å². The van der Waals surface area contributed by atoms with Crippen molar-refractivity contribution in [2.24, 2.45) is 0 Å². The number of hydrogen-bond donors (Lipinski definition) is 2. The van der Waals surface area contributed by atoms with Gasteiger partial charge in [-0.15, -0.1) is 0 Å². The lowest BCUT2D eigenvalue weighted by molar-refractivity contribution is 0.0873. The number of nitrogens with one attached hydrogen (secondary N) is 2. The number of nitrogens with zero attached hydrogens (tertiary/aromatic N) is 1. The van der Waals surface area contributed by atoms with Crippen LogP contribution in [0.15, 0.2) is 30.5 Å². The van der Waals surface area contributed by atoms with Gasteiger partial charge in [-0.1, -0.05) is 23.7 Å². The van der Waals surface area contributed by atoms with Crippen LogP contribution in [0.5, 0.6) is 0 Å². The highest BCUT2D eigenvalue weighted by atomic mass is 35.5. The fraction of sp³-hybridized carbons (Fsp3) is 0.375. The van der Waals surface area contributed by atoms with Gasteiger partial charge in [0.05, 0.1) is 18.3 Å². The van der Waals surface area contributed by atoms with Crippen LogP contribution < -0.4 is 5.32 Å². The molecule has 2 heterocycles. The molecule has 0 aliphatic carbocycles. The molecule has 2 aromatic rings. The van der Waals surface area contributed by atoms with E-state index in [-0.39, 0.29) is 11.4 Å². The monoisotopic (exact) mass is 319 g/mol. The summed E-state index contributed by atoms with van der Waals surface area (Å²) < 4.78 is 5.53. The van der Waals surface area contributed by atoms with Crippen molar-refractivity contribution < 1.29 is 9.53 Å². The minimum atomic E-state index is -0.385. The number of aromatic nitrogens is 2. The molecule has 116 valence electrons. The molecule has 1 fully saturated rings. The summed E-state index contributed by atoms with van der Waals surface area (Å²) in [6.07, 6.45) is 3.05. The first kappa shape index (κ1) is 15.1. The van der Waals surface area contributed by atoms with Gasteiger partial charge < -0.3 is 15.0 Å². The maximum atomic E-state index is 12.4. The third-order valence-electron chi connectivity index (χ3n) is 3.89. The lowest BCUT2D eigenvalue weighted by atomic mass is 9.90. The van der Waals surface area contributed by atoms with E-state index in [0.717, 1.165) is 17.8 Å². The Morgan fingerprint density at radius 2 is 2.23 bits per heavy atom. The highest BCUT2D eigenvalue weighted by Gasteiger charge is 2.37. The number of carbonyl (C=O) groups is 1. The van der Waals surface area contributed by atoms with Crippen molar-refractivity contribution in [3.8, 4) is 0 Å². The number of aryl methyl sites for hydroxylation is 1. The fourth-order valence-corrected chi connectivity index (χ4v) is 2.85. The van der Waals surface area contributed by atoms with E-state index in [4.69, 9.17) is 16.3 Å². The van der Waals surface area contributed by atoms with Crippen LogP contribution in [0.3, 0.4) is 0 Å². The number of halogens is 1. The summed E-state index contributed by atoms with van der Waals surface area (Å²) in [5.41, 5.74) is 1.21. The average molecular weight is 320 g/mol. The summed E-state index contributed by atoms with van der Waals surface area (Å²) in [5.74, 6) is 0.569. The predicted octanol–water partition coefficient (Wildman–Crippen LogP) is 2.50. The number of carbonyl (C=O) groups excluding carboxylic acids is 1. The van der Waals surface area contributed by atoms with Gasteiger partial charge in [0.1, 0.15) is 11.5 Å². The topological polar surface area (TPSA) is 67.0 Å². The first-order valence-electron chi connectivity index (χ1n) is 7.23.